The van der Waals surface area contributed by atoms with Crippen molar-refractivity contribution in [1.82, 2.24) is 4.98 Å². The van der Waals surface area contributed by atoms with E-state index in [9.17, 15) is 5.26 Å². The van der Waals surface area contributed by atoms with E-state index >= 15 is 0 Å². The number of anilines is 1. The normalized spacial score (nSPS) is 13.6. The van der Waals surface area contributed by atoms with E-state index in [0.717, 1.165) is 42.5 Å². The van der Waals surface area contributed by atoms with Crippen molar-refractivity contribution in [3.63, 3.8) is 0 Å². The molecular formula is C16H15N3. The number of nitrogens with two attached hydrogens (primary N) is 1. The molecule has 0 atom stereocenters. The number of hydrogen-bond acceptors (Lipinski definition) is 3. The number of nitriles is 1. The minimum atomic E-state index is 0.363. The Balaban J connectivity index is 2.32. The molecule has 1 aliphatic rings. The minimum absolute atomic E-state index is 0.363. The van der Waals surface area contributed by atoms with E-state index in [1.165, 1.54) is 5.56 Å². The van der Waals surface area contributed by atoms with E-state index in [4.69, 9.17) is 5.73 Å². The molecule has 3 rings (SSSR count). The maximum Gasteiger partial charge on any atom is 0.142 e. The van der Waals surface area contributed by atoms with Crippen molar-refractivity contribution >= 4 is 5.82 Å². The van der Waals surface area contributed by atoms with Crippen LogP contribution in [0, 0.1) is 11.3 Å². The van der Waals surface area contributed by atoms with Crippen LogP contribution < -0.4 is 5.73 Å². The Morgan fingerprint density at radius 1 is 1.11 bits per heavy atom. The smallest absolute Gasteiger partial charge is 0.142 e. The van der Waals surface area contributed by atoms with Gasteiger partial charge in [-0.1, -0.05) is 30.3 Å². The lowest BCUT2D eigenvalue weighted by Gasteiger charge is -2.20. The largest absolute Gasteiger partial charge is 0.383 e. The van der Waals surface area contributed by atoms with Crippen LogP contribution in [0.5, 0.6) is 0 Å². The molecule has 1 aromatic carbocycles. The average Bonchev–Trinajstić information content (AvgIpc) is 2.46. The van der Waals surface area contributed by atoms with E-state index < -0.39 is 0 Å². The summed E-state index contributed by atoms with van der Waals surface area (Å²) < 4.78 is 0. The molecule has 0 fully saturated rings. The maximum absolute atomic E-state index is 9.39. The van der Waals surface area contributed by atoms with Gasteiger partial charge in [0.15, 0.2) is 0 Å². The third-order valence-corrected chi connectivity index (χ3v) is 3.68. The van der Waals surface area contributed by atoms with Gasteiger partial charge in [0, 0.05) is 11.3 Å². The summed E-state index contributed by atoms with van der Waals surface area (Å²) in [5.41, 5.74) is 10.8. The number of pyridine rings is 1. The molecule has 3 heteroatoms. The number of rotatable bonds is 1. The van der Waals surface area contributed by atoms with E-state index in [2.05, 4.69) is 11.1 Å². The predicted molar refractivity (Wildman–Crippen MR) is 75.4 cm³/mol. The quantitative estimate of drug-likeness (QED) is 0.844. The molecule has 2 N–H and O–H groups in total. The number of hydrogen-bond donors (Lipinski definition) is 1. The second-order valence-corrected chi connectivity index (χ2v) is 4.86. The summed E-state index contributed by atoms with van der Waals surface area (Å²) in [6, 6.07) is 12.2. The zero-order valence-corrected chi connectivity index (χ0v) is 10.7. The molecule has 94 valence electrons. The minimum Gasteiger partial charge on any atom is -0.383 e. The lowest BCUT2D eigenvalue weighted by Crippen LogP contribution is -2.11. The Labute approximate surface area is 112 Å². The van der Waals surface area contributed by atoms with Gasteiger partial charge in [-0.3, -0.25) is 0 Å². The van der Waals surface area contributed by atoms with Crippen LogP contribution in [0.1, 0.15) is 29.7 Å². The number of nitrogen functional groups attached to an aromatic ring is 1. The maximum atomic E-state index is 9.39. The lowest BCUT2D eigenvalue weighted by molar-refractivity contribution is 0.670. The van der Waals surface area contributed by atoms with Crippen LogP contribution in [0.4, 0.5) is 5.82 Å². The number of benzene rings is 1. The van der Waals surface area contributed by atoms with Crippen molar-refractivity contribution in [1.29, 1.82) is 5.26 Å². The first-order valence-corrected chi connectivity index (χ1v) is 6.58. The van der Waals surface area contributed by atoms with Gasteiger partial charge in [-0.25, -0.2) is 4.98 Å². The molecule has 0 amide bonds. The van der Waals surface area contributed by atoms with Crippen molar-refractivity contribution in [2.45, 2.75) is 25.7 Å². The molecule has 0 radical (unpaired) electrons. The molecule has 0 unspecified atom stereocenters. The van der Waals surface area contributed by atoms with E-state index in [1.807, 2.05) is 30.3 Å². The van der Waals surface area contributed by atoms with Crippen molar-refractivity contribution in [2.75, 3.05) is 5.73 Å². The SMILES string of the molecule is N#Cc1c(N)nc2c(c1-c1ccccc1)CCCC2. The fraction of sp³-hybridized carbons (Fsp3) is 0.250. The van der Waals surface area contributed by atoms with Crippen LogP contribution in [-0.4, -0.2) is 4.98 Å². The van der Waals surface area contributed by atoms with Crippen LogP contribution >= 0.6 is 0 Å². The molecule has 0 bridgehead atoms. The van der Waals surface area contributed by atoms with E-state index in [-0.39, 0.29) is 0 Å². The van der Waals surface area contributed by atoms with Gasteiger partial charge >= 0.3 is 0 Å². The molecular weight excluding hydrogens is 234 g/mol. The summed E-state index contributed by atoms with van der Waals surface area (Å²) >= 11 is 0. The highest BCUT2D eigenvalue weighted by Gasteiger charge is 2.21. The van der Waals surface area contributed by atoms with E-state index in [0.29, 0.717) is 11.4 Å². The predicted octanol–water partition coefficient (Wildman–Crippen LogP) is 3.08. The highest BCUT2D eigenvalue weighted by atomic mass is 14.9. The highest BCUT2D eigenvalue weighted by molar-refractivity contribution is 5.79. The first kappa shape index (κ1) is 11.7. The van der Waals surface area contributed by atoms with Crippen LogP contribution in [0.3, 0.4) is 0 Å². The Bertz CT molecular complexity index is 654. The average molecular weight is 249 g/mol. The second-order valence-electron chi connectivity index (χ2n) is 4.86. The molecule has 0 saturated carbocycles. The molecule has 0 saturated heterocycles. The van der Waals surface area contributed by atoms with Crippen LogP contribution in [0.25, 0.3) is 11.1 Å². The monoisotopic (exact) mass is 249 g/mol. The summed E-state index contributed by atoms with van der Waals surface area (Å²) in [5.74, 6) is 0.363. The number of aromatic nitrogens is 1. The number of fused-ring (bicyclic) bond motifs is 1. The van der Waals surface area contributed by atoms with Gasteiger partial charge in [0.1, 0.15) is 17.5 Å². The van der Waals surface area contributed by atoms with Gasteiger partial charge in [0.2, 0.25) is 0 Å². The Morgan fingerprint density at radius 3 is 2.58 bits per heavy atom. The van der Waals surface area contributed by atoms with Gasteiger partial charge in [0.05, 0.1) is 0 Å². The number of nitrogens with zero attached hydrogens (tertiary/aromatic N) is 2. The molecule has 1 heterocycles. The van der Waals surface area contributed by atoms with Crippen molar-refractivity contribution in [3.8, 4) is 17.2 Å². The summed E-state index contributed by atoms with van der Waals surface area (Å²) in [6.45, 7) is 0. The molecule has 2 aromatic rings. The summed E-state index contributed by atoms with van der Waals surface area (Å²) in [4.78, 5) is 4.43. The number of aryl methyl sites for hydroxylation is 1. The van der Waals surface area contributed by atoms with Gasteiger partial charge in [-0.2, -0.15) is 5.26 Å². The molecule has 0 spiro atoms. The Hall–Kier alpha value is -2.34. The van der Waals surface area contributed by atoms with Crippen LogP contribution in [-0.2, 0) is 12.8 Å². The third kappa shape index (κ3) is 1.96. The zero-order chi connectivity index (χ0) is 13.2. The Morgan fingerprint density at radius 2 is 1.84 bits per heavy atom. The van der Waals surface area contributed by atoms with Gasteiger partial charge in [0.25, 0.3) is 0 Å². The lowest BCUT2D eigenvalue weighted by atomic mass is 9.87. The van der Waals surface area contributed by atoms with Gasteiger partial charge < -0.3 is 5.73 Å². The van der Waals surface area contributed by atoms with Crippen molar-refractivity contribution in [2.24, 2.45) is 0 Å². The molecule has 1 aromatic heterocycles. The van der Waals surface area contributed by atoms with Gasteiger partial charge in [-0.15, -0.1) is 0 Å². The van der Waals surface area contributed by atoms with Crippen LogP contribution in [0.2, 0.25) is 0 Å². The first-order valence-electron chi connectivity index (χ1n) is 6.58. The molecule has 19 heavy (non-hydrogen) atoms. The van der Waals surface area contributed by atoms with Gasteiger partial charge in [-0.05, 0) is 36.8 Å². The highest BCUT2D eigenvalue weighted by Crippen LogP contribution is 2.35. The molecule has 0 aliphatic heterocycles. The summed E-state index contributed by atoms with van der Waals surface area (Å²) in [6.07, 6.45) is 4.26. The van der Waals surface area contributed by atoms with Crippen molar-refractivity contribution < 1.29 is 0 Å². The van der Waals surface area contributed by atoms with Crippen LogP contribution in [0.15, 0.2) is 30.3 Å². The first-order chi connectivity index (χ1) is 9.31. The van der Waals surface area contributed by atoms with Crippen molar-refractivity contribution in [3.05, 3.63) is 47.2 Å². The fourth-order valence-corrected chi connectivity index (χ4v) is 2.80. The topological polar surface area (TPSA) is 62.7 Å². The molecule has 3 nitrogen and oxygen atoms in total. The fourth-order valence-electron chi connectivity index (χ4n) is 2.80. The summed E-state index contributed by atoms with van der Waals surface area (Å²) in [5, 5.41) is 9.39. The Kier molecular flexibility index (Phi) is 2.92. The zero-order valence-electron chi connectivity index (χ0n) is 10.7. The molecule has 1 aliphatic carbocycles. The second kappa shape index (κ2) is 4.74. The standard InChI is InChI=1S/C16H15N3/c17-10-13-15(11-6-2-1-3-7-11)12-8-4-5-9-14(12)19-16(13)18/h1-3,6-7H,4-5,8-9H2,(H2,18,19). The third-order valence-electron chi connectivity index (χ3n) is 3.68. The summed E-state index contributed by atoms with van der Waals surface area (Å²) in [7, 11) is 0. The van der Waals surface area contributed by atoms with E-state index in [1.54, 1.807) is 0 Å².